The lowest BCUT2D eigenvalue weighted by Crippen LogP contribution is -2.21. The van der Waals surface area contributed by atoms with Crippen molar-refractivity contribution in [3.63, 3.8) is 0 Å². The number of hydrogen-bond acceptors (Lipinski definition) is 2. The Morgan fingerprint density at radius 2 is 2.14 bits per heavy atom. The number of hydrogen-bond donors (Lipinski definition) is 0. The second-order valence-electron chi connectivity index (χ2n) is 3.00. The van der Waals surface area contributed by atoms with Gasteiger partial charge in [-0.2, -0.15) is 0 Å². The molecule has 0 aliphatic heterocycles. The highest BCUT2D eigenvalue weighted by atomic mass is 19.4. The summed E-state index contributed by atoms with van der Waals surface area (Å²) in [7, 11) is 0. The summed E-state index contributed by atoms with van der Waals surface area (Å²) >= 11 is 0. The second-order valence-corrected chi connectivity index (χ2v) is 3.00. The van der Waals surface area contributed by atoms with Crippen LogP contribution in [0, 0.1) is 0 Å². The number of carbonyl (C=O) groups is 1. The molecular formula is C8H8BF3NO-. The summed E-state index contributed by atoms with van der Waals surface area (Å²) < 4.78 is 36.3. The lowest BCUT2D eigenvalue weighted by molar-refractivity contribution is 0.101. The first-order valence-electron chi connectivity index (χ1n) is 4.05. The molecule has 0 radical (unpaired) electrons. The molecule has 0 N–H and O–H groups in total. The van der Waals surface area contributed by atoms with Crippen LogP contribution in [0.4, 0.5) is 12.9 Å². The van der Waals surface area contributed by atoms with Gasteiger partial charge in [0, 0.05) is 18.0 Å². The molecule has 1 heterocycles. The zero-order chi connectivity index (χ0) is 10.8. The van der Waals surface area contributed by atoms with Crippen molar-refractivity contribution in [1.82, 2.24) is 4.98 Å². The first-order valence-corrected chi connectivity index (χ1v) is 4.05. The van der Waals surface area contributed by atoms with E-state index < -0.39 is 19.1 Å². The maximum absolute atomic E-state index is 12.1. The Morgan fingerprint density at radius 1 is 1.50 bits per heavy atom. The van der Waals surface area contributed by atoms with Gasteiger partial charge in [0.05, 0.1) is 0 Å². The average molecular weight is 202 g/mol. The summed E-state index contributed by atoms with van der Waals surface area (Å²) in [5, 5.41) is 0. The van der Waals surface area contributed by atoms with Crippen LogP contribution in [0.5, 0.6) is 0 Å². The van der Waals surface area contributed by atoms with Crippen molar-refractivity contribution >= 4 is 12.8 Å². The van der Waals surface area contributed by atoms with Gasteiger partial charge in [-0.1, -0.05) is 11.9 Å². The molecule has 0 amide bonds. The van der Waals surface area contributed by atoms with Crippen LogP contribution in [0.1, 0.15) is 22.8 Å². The van der Waals surface area contributed by atoms with Crippen LogP contribution >= 0.6 is 0 Å². The number of Topliss-reactive ketones (excluding diaryl/α,β-unsaturated/α-hetero) is 1. The maximum Gasteiger partial charge on any atom is 0.482 e. The van der Waals surface area contributed by atoms with E-state index in [0.717, 1.165) is 0 Å². The molecule has 0 aromatic carbocycles. The van der Waals surface area contributed by atoms with Gasteiger partial charge in [-0.25, -0.2) is 0 Å². The van der Waals surface area contributed by atoms with Gasteiger partial charge in [-0.05, 0) is 13.0 Å². The number of rotatable bonds is 3. The Hall–Kier alpha value is -1.33. The van der Waals surface area contributed by atoms with E-state index in [9.17, 15) is 17.7 Å². The van der Waals surface area contributed by atoms with Gasteiger partial charge in [0.2, 0.25) is 0 Å². The molecule has 0 fully saturated rings. The number of aromatic nitrogens is 1. The Balaban J connectivity index is 3.02. The SMILES string of the molecule is CC(=O)c1cnccc1C[B-](F)(F)F. The molecule has 0 spiro atoms. The minimum atomic E-state index is -4.91. The monoisotopic (exact) mass is 202 g/mol. The van der Waals surface area contributed by atoms with Crippen molar-refractivity contribution in [2.75, 3.05) is 0 Å². The van der Waals surface area contributed by atoms with E-state index in [1.165, 1.54) is 25.4 Å². The zero-order valence-corrected chi connectivity index (χ0v) is 7.51. The molecule has 0 saturated heterocycles. The van der Waals surface area contributed by atoms with Crippen LogP contribution in [0.3, 0.4) is 0 Å². The summed E-state index contributed by atoms with van der Waals surface area (Å²) in [6.07, 6.45) is 1.39. The molecule has 0 aliphatic rings. The largest absolute Gasteiger partial charge is 0.482 e. The fourth-order valence-electron chi connectivity index (χ4n) is 1.17. The highest BCUT2D eigenvalue weighted by Crippen LogP contribution is 2.18. The van der Waals surface area contributed by atoms with Gasteiger partial charge in [0.25, 0.3) is 0 Å². The second kappa shape index (κ2) is 3.81. The van der Waals surface area contributed by atoms with Crippen molar-refractivity contribution in [1.29, 1.82) is 0 Å². The number of ketones is 1. The van der Waals surface area contributed by atoms with Gasteiger partial charge >= 0.3 is 6.98 Å². The van der Waals surface area contributed by atoms with Gasteiger partial charge in [0.15, 0.2) is 5.78 Å². The quantitative estimate of drug-likeness (QED) is 0.555. The van der Waals surface area contributed by atoms with Crippen LogP contribution in [0.25, 0.3) is 0 Å². The maximum atomic E-state index is 12.1. The van der Waals surface area contributed by atoms with E-state index in [4.69, 9.17) is 0 Å². The van der Waals surface area contributed by atoms with Crippen LogP contribution < -0.4 is 0 Å². The molecular weight excluding hydrogens is 194 g/mol. The Labute approximate surface area is 79.2 Å². The molecule has 2 nitrogen and oxygen atoms in total. The molecule has 0 aliphatic carbocycles. The predicted molar refractivity (Wildman–Crippen MR) is 47.0 cm³/mol. The molecule has 1 aromatic heterocycles. The molecule has 1 rings (SSSR count). The van der Waals surface area contributed by atoms with Gasteiger partial charge in [0.1, 0.15) is 0 Å². The minimum absolute atomic E-state index is 0.000000000000000444. The zero-order valence-electron chi connectivity index (χ0n) is 7.51. The Bertz CT molecular complexity index is 351. The van der Waals surface area contributed by atoms with E-state index in [0.29, 0.717) is 0 Å². The van der Waals surface area contributed by atoms with Gasteiger partial charge in [-0.3, -0.25) is 9.78 Å². The third-order valence-electron chi connectivity index (χ3n) is 1.74. The van der Waals surface area contributed by atoms with E-state index in [-0.39, 0.29) is 11.1 Å². The van der Waals surface area contributed by atoms with Crippen molar-refractivity contribution in [2.45, 2.75) is 13.2 Å². The number of halogens is 3. The van der Waals surface area contributed by atoms with Crippen LogP contribution in [-0.4, -0.2) is 17.7 Å². The molecule has 6 heteroatoms. The number of pyridine rings is 1. The molecule has 14 heavy (non-hydrogen) atoms. The lowest BCUT2D eigenvalue weighted by Gasteiger charge is -2.15. The normalized spacial score (nSPS) is 11.4. The summed E-state index contributed by atoms with van der Waals surface area (Å²) in [6.45, 7) is -3.68. The van der Waals surface area contributed by atoms with Crippen molar-refractivity contribution in [2.24, 2.45) is 0 Å². The standard InChI is InChI=1S/C8H8BF3NO/c1-6(14)8-5-13-3-2-7(8)4-9(10,11)12/h2-3,5H,4H2,1H3/q-1. The van der Waals surface area contributed by atoms with Crippen LogP contribution in [-0.2, 0) is 6.32 Å². The van der Waals surface area contributed by atoms with E-state index in [2.05, 4.69) is 4.98 Å². The smallest absolute Gasteiger partial charge is 0.449 e. The first kappa shape index (κ1) is 10.8. The first-order chi connectivity index (χ1) is 6.40. The highest BCUT2D eigenvalue weighted by molar-refractivity contribution is 6.58. The topological polar surface area (TPSA) is 30.0 Å². The van der Waals surface area contributed by atoms with Gasteiger partial charge < -0.3 is 12.9 Å². The molecule has 0 unspecified atom stereocenters. The molecule has 1 aromatic rings. The van der Waals surface area contributed by atoms with E-state index in [1.54, 1.807) is 0 Å². The van der Waals surface area contributed by atoms with Gasteiger partial charge in [-0.15, -0.1) is 0 Å². The summed E-state index contributed by atoms with van der Waals surface area (Å²) in [5.41, 5.74) is 0.0479. The minimum Gasteiger partial charge on any atom is -0.449 e. The Morgan fingerprint density at radius 3 is 2.64 bits per heavy atom. The molecule has 0 saturated carbocycles. The number of nitrogens with zero attached hydrogens (tertiary/aromatic N) is 1. The van der Waals surface area contributed by atoms with Crippen LogP contribution in [0.2, 0.25) is 0 Å². The van der Waals surface area contributed by atoms with E-state index >= 15 is 0 Å². The highest BCUT2D eigenvalue weighted by Gasteiger charge is 2.25. The van der Waals surface area contributed by atoms with Crippen LogP contribution in [0.15, 0.2) is 18.5 Å². The van der Waals surface area contributed by atoms with Crippen molar-refractivity contribution in [3.05, 3.63) is 29.6 Å². The summed E-state index contributed by atoms with van der Waals surface area (Å²) in [4.78, 5) is 14.6. The van der Waals surface area contributed by atoms with E-state index in [1.807, 2.05) is 0 Å². The summed E-state index contributed by atoms with van der Waals surface area (Å²) in [5.74, 6) is -0.395. The fourth-order valence-corrected chi connectivity index (χ4v) is 1.17. The molecule has 0 atom stereocenters. The number of carbonyl (C=O) groups excluding carboxylic acids is 1. The third-order valence-corrected chi connectivity index (χ3v) is 1.74. The Kier molecular flexibility index (Phi) is 2.93. The average Bonchev–Trinajstić information content (AvgIpc) is 2.01. The third kappa shape index (κ3) is 2.87. The summed E-state index contributed by atoms with van der Waals surface area (Å²) in [6, 6.07) is 1.23. The molecule has 76 valence electrons. The predicted octanol–water partition coefficient (Wildman–Crippen LogP) is 2.21. The fraction of sp³-hybridized carbons (Fsp3) is 0.250. The van der Waals surface area contributed by atoms with Crippen molar-refractivity contribution < 1.29 is 17.7 Å². The molecule has 0 bridgehead atoms. The van der Waals surface area contributed by atoms with Crippen molar-refractivity contribution in [3.8, 4) is 0 Å². The lowest BCUT2D eigenvalue weighted by atomic mass is 9.80.